The maximum Gasteiger partial charge on any atom is 0.330 e. The summed E-state index contributed by atoms with van der Waals surface area (Å²) in [5.41, 5.74) is 0. The Bertz CT molecular complexity index is 996. The van der Waals surface area contributed by atoms with Gasteiger partial charge in [0.15, 0.2) is 12.4 Å². The topological polar surface area (TPSA) is 152 Å². The van der Waals surface area contributed by atoms with Crippen LogP contribution in [0.2, 0.25) is 0 Å². The molecule has 55 heavy (non-hydrogen) atoms. The quantitative estimate of drug-likeness (QED) is 0.0159. The molecule has 0 aromatic heterocycles. The maximum atomic E-state index is 12.7. The van der Waals surface area contributed by atoms with Crippen LogP contribution in [0.1, 0.15) is 181 Å². The number of unbranched alkanes of at least 4 members (excludes halogenated alkanes) is 22. The Balaban J connectivity index is 2.40. The van der Waals surface area contributed by atoms with E-state index in [-0.39, 0.29) is 19.6 Å². The molecule has 0 radical (unpaired) electrons. The Morgan fingerprint density at radius 3 is 1.62 bits per heavy atom. The van der Waals surface area contributed by atoms with Crippen LogP contribution in [0.3, 0.4) is 0 Å². The van der Waals surface area contributed by atoms with Gasteiger partial charge in [0.2, 0.25) is 0 Å². The van der Waals surface area contributed by atoms with Gasteiger partial charge in [-0.05, 0) is 44.9 Å². The molecule has 0 saturated carbocycles. The number of carbonyl (C=O) groups excluding carboxylic acids is 2. The summed E-state index contributed by atoms with van der Waals surface area (Å²) in [5, 5.41) is 40.0. The van der Waals surface area contributed by atoms with E-state index in [0.29, 0.717) is 6.42 Å². The monoisotopic (exact) mass is 781 g/mol. The fraction of sp³-hybridized carbons (Fsp3) is 0.822. The Morgan fingerprint density at radius 1 is 0.600 bits per heavy atom. The van der Waals surface area contributed by atoms with E-state index in [1.807, 2.05) is 12.2 Å². The molecular weight excluding hydrogens is 700 g/mol. The van der Waals surface area contributed by atoms with Crippen molar-refractivity contribution in [2.75, 3.05) is 19.8 Å². The summed E-state index contributed by atoms with van der Waals surface area (Å²) in [7, 11) is 0. The Morgan fingerprint density at radius 2 is 1.09 bits per heavy atom. The minimum atomic E-state index is -1.61. The van der Waals surface area contributed by atoms with Crippen molar-refractivity contribution in [3.63, 3.8) is 0 Å². The Labute approximate surface area is 334 Å². The van der Waals surface area contributed by atoms with Gasteiger partial charge in [-0.25, -0.2) is 4.79 Å². The number of aliphatic hydroxyl groups excluding tert-OH is 4. The van der Waals surface area contributed by atoms with Crippen LogP contribution in [-0.4, -0.2) is 89.0 Å². The Kier molecular flexibility index (Phi) is 33.6. The standard InChI is InChI=1S/C45H80O10/c1-3-5-7-9-11-13-15-17-19-21-23-25-27-29-31-33-40(47)52-36-38(37-53-45-44(51)43(50)42(49)39(35-46)55-45)54-41(48)34-32-30-28-26-24-22-20-18-16-14-12-10-8-6-4-2/h22,24,27,29,31,33,38-39,42-46,49-51H,3-21,23,25-26,28,30,32,34-37H2,1-2H3/b24-22+,29-27+,33-31+/t38-,39-,42+,43?,44?,45-/m0/s1. The zero-order valence-electron chi connectivity index (χ0n) is 34.7. The summed E-state index contributed by atoms with van der Waals surface area (Å²) >= 11 is 0. The van der Waals surface area contributed by atoms with E-state index < -0.39 is 55.4 Å². The minimum Gasteiger partial charge on any atom is -0.458 e. The lowest BCUT2D eigenvalue weighted by atomic mass is 9.99. The molecule has 1 rings (SSSR count). The van der Waals surface area contributed by atoms with Crippen molar-refractivity contribution >= 4 is 11.9 Å². The largest absolute Gasteiger partial charge is 0.458 e. The van der Waals surface area contributed by atoms with Crippen LogP contribution in [0.15, 0.2) is 36.5 Å². The zero-order valence-corrected chi connectivity index (χ0v) is 34.7. The molecular formula is C45H80O10. The lowest BCUT2D eigenvalue weighted by molar-refractivity contribution is -0.305. The van der Waals surface area contributed by atoms with Gasteiger partial charge in [-0.3, -0.25) is 4.79 Å². The van der Waals surface area contributed by atoms with Crippen molar-refractivity contribution in [1.82, 2.24) is 0 Å². The molecule has 1 saturated heterocycles. The molecule has 6 atom stereocenters. The van der Waals surface area contributed by atoms with E-state index in [2.05, 4.69) is 26.0 Å². The molecule has 4 N–H and O–H groups in total. The average molecular weight is 781 g/mol. The lowest BCUT2D eigenvalue weighted by Crippen LogP contribution is -2.59. The first kappa shape index (κ1) is 50.9. The summed E-state index contributed by atoms with van der Waals surface area (Å²) < 4.78 is 21.9. The summed E-state index contributed by atoms with van der Waals surface area (Å²) in [4.78, 5) is 25.2. The summed E-state index contributed by atoms with van der Waals surface area (Å²) in [6.07, 6.45) is 33.5. The van der Waals surface area contributed by atoms with Crippen molar-refractivity contribution in [1.29, 1.82) is 0 Å². The van der Waals surface area contributed by atoms with Crippen molar-refractivity contribution in [2.45, 2.75) is 218 Å². The molecule has 1 aliphatic heterocycles. The summed E-state index contributed by atoms with van der Waals surface area (Å²) in [6.45, 7) is 3.29. The smallest absolute Gasteiger partial charge is 0.330 e. The molecule has 0 aliphatic carbocycles. The molecule has 10 heteroatoms. The van der Waals surface area contributed by atoms with Gasteiger partial charge >= 0.3 is 11.9 Å². The second-order valence-corrected chi connectivity index (χ2v) is 15.2. The van der Waals surface area contributed by atoms with Gasteiger partial charge in [0.25, 0.3) is 0 Å². The lowest BCUT2D eigenvalue weighted by Gasteiger charge is -2.39. The van der Waals surface area contributed by atoms with Crippen molar-refractivity contribution in [3.05, 3.63) is 36.5 Å². The molecule has 10 nitrogen and oxygen atoms in total. The molecule has 320 valence electrons. The molecule has 0 amide bonds. The van der Waals surface area contributed by atoms with Crippen molar-refractivity contribution in [3.8, 4) is 0 Å². The van der Waals surface area contributed by atoms with Gasteiger partial charge < -0.3 is 39.4 Å². The third-order valence-electron chi connectivity index (χ3n) is 10.1. The number of esters is 2. The molecule has 1 aliphatic rings. The third kappa shape index (κ3) is 28.0. The SMILES string of the molecule is CCCCCCCCCC/C=C/CCCCCC(=O)O[C@@H](COC(=O)/C=C/C=C/CCCCCCCCCCCCC)CO[C@H]1O[C@@H](CO)[C@@H](O)C(O)C1O. The first-order chi connectivity index (χ1) is 26.8. The number of rotatable bonds is 36. The highest BCUT2D eigenvalue weighted by Gasteiger charge is 2.44. The highest BCUT2D eigenvalue weighted by molar-refractivity contribution is 5.82. The van der Waals surface area contributed by atoms with Crippen molar-refractivity contribution in [2.24, 2.45) is 0 Å². The second kappa shape index (κ2) is 36.3. The van der Waals surface area contributed by atoms with Gasteiger partial charge in [0.1, 0.15) is 31.0 Å². The number of carbonyl (C=O) groups is 2. The summed E-state index contributed by atoms with van der Waals surface area (Å²) in [5.74, 6) is -1.08. The highest BCUT2D eigenvalue weighted by atomic mass is 16.7. The van der Waals surface area contributed by atoms with Crippen LogP contribution in [0.5, 0.6) is 0 Å². The van der Waals surface area contributed by atoms with Crippen LogP contribution in [0.25, 0.3) is 0 Å². The highest BCUT2D eigenvalue weighted by Crippen LogP contribution is 2.22. The van der Waals surface area contributed by atoms with Crippen LogP contribution < -0.4 is 0 Å². The number of hydrogen-bond donors (Lipinski definition) is 4. The van der Waals surface area contributed by atoms with E-state index in [1.165, 1.54) is 122 Å². The predicted octanol–water partition coefficient (Wildman–Crippen LogP) is 9.11. The maximum absolute atomic E-state index is 12.7. The molecule has 0 aromatic carbocycles. The molecule has 2 unspecified atom stereocenters. The zero-order chi connectivity index (χ0) is 40.2. The van der Waals surface area contributed by atoms with E-state index in [9.17, 15) is 30.0 Å². The van der Waals surface area contributed by atoms with Crippen LogP contribution in [-0.2, 0) is 28.5 Å². The Hall–Kier alpha value is -2.08. The van der Waals surface area contributed by atoms with Gasteiger partial charge in [0, 0.05) is 12.5 Å². The molecule has 0 spiro atoms. The number of allylic oxidation sites excluding steroid dienone is 5. The van der Waals surface area contributed by atoms with E-state index in [1.54, 1.807) is 6.08 Å². The first-order valence-corrected chi connectivity index (χ1v) is 22.1. The minimum absolute atomic E-state index is 0.191. The normalized spacial score (nSPS) is 20.9. The fourth-order valence-electron chi connectivity index (χ4n) is 6.57. The molecule has 0 aromatic rings. The predicted molar refractivity (Wildman–Crippen MR) is 219 cm³/mol. The first-order valence-electron chi connectivity index (χ1n) is 22.1. The number of hydrogen-bond acceptors (Lipinski definition) is 10. The van der Waals surface area contributed by atoms with Gasteiger partial charge in [0.05, 0.1) is 13.2 Å². The van der Waals surface area contributed by atoms with E-state index in [4.69, 9.17) is 18.9 Å². The van der Waals surface area contributed by atoms with Crippen LogP contribution >= 0.6 is 0 Å². The van der Waals surface area contributed by atoms with Gasteiger partial charge in [-0.2, -0.15) is 0 Å². The van der Waals surface area contributed by atoms with Gasteiger partial charge in [-0.15, -0.1) is 0 Å². The number of ether oxygens (including phenoxy) is 4. The van der Waals surface area contributed by atoms with E-state index in [0.717, 1.165) is 38.5 Å². The van der Waals surface area contributed by atoms with Crippen LogP contribution in [0, 0.1) is 0 Å². The van der Waals surface area contributed by atoms with E-state index >= 15 is 0 Å². The van der Waals surface area contributed by atoms with Gasteiger partial charge in [-0.1, -0.05) is 160 Å². The molecule has 1 fully saturated rings. The average Bonchev–Trinajstić information content (AvgIpc) is 3.18. The number of aliphatic hydroxyl groups is 4. The fourth-order valence-corrected chi connectivity index (χ4v) is 6.57. The molecule has 1 heterocycles. The summed E-state index contributed by atoms with van der Waals surface area (Å²) in [6, 6.07) is 0. The van der Waals surface area contributed by atoms with Crippen LogP contribution in [0.4, 0.5) is 0 Å². The third-order valence-corrected chi connectivity index (χ3v) is 10.1. The second-order valence-electron chi connectivity index (χ2n) is 15.2. The van der Waals surface area contributed by atoms with Crippen molar-refractivity contribution < 1.29 is 49.0 Å². The molecule has 0 bridgehead atoms.